The molecule has 4 saturated carbocycles. The van der Waals surface area contributed by atoms with Crippen molar-refractivity contribution in [1.29, 1.82) is 0 Å². The van der Waals surface area contributed by atoms with Crippen molar-refractivity contribution < 1.29 is 0 Å². The Bertz CT molecular complexity index is 96.4. The van der Waals surface area contributed by atoms with E-state index >= 15 is 0 Å². The third-order valence-electron chi connectivity index (χ3n) is 4.00. The van der Waals surface area contributed by atoms with E-state index in [4.69, 9.17) is 0 Å². The number of hydrogen-bond donors (Lipinski definition) is 0. The van der Waals surface area contributed by atoms with E-state index < -0.39 is 0 Å². The second-order valence-electron chi connectivity index (χ2n) is 4.88. The van der Waals surface area contributed by atoms with Crippen molar-refractivity contribution in [3.8, 4) is 0 Å². The highest BCUT2D eigenvalue weighted by Crippen LogP contribution is 2.53. The zero-order valence-corrected chi connectivity index (χ0v) is 8.67. The van der Waals surface area contributed by atoms with Gasteiger partial charge < -0.3 is 0 Å². The molecule has 0 aromatic carbocycles. The van der Waals surface area contributed by atoms with E-state index in [0.717, 1.165) is 0 Å². The van der Waals surface area contributed by atoms with E-state index in [9.17, 15) is 0 Å². The molecule has 0 saturated heterocycles. The minimum absolute atomic E-state index is 0. The van der Waals surface area contributed by atoms with Crippen LogP contribution in [0.4, 0.5) is 0 Å². The first-order chi connectivity index (χ1) is 4.90. The maximum atomic E-state index is 1.60. The molecule has 58 valence electrons. The Morgan fingerprint density at radius 2 is 0.636 bits per heavy atom. The average Bonchev–Trinajstić information content (AvgIpc) is 1.82. The minimum atomic E-state index is 0. The molecule has 4 aliphatic carbocycles. The molecular formula is C10H16Mg. The summed E-state index contributed by atoms with van der Waals surface area (Å²) in [6.07, 6.45) is 9.62. The Morgan fingerprint density at radius 1 is 0.455 bits per heavy atom. The summed E-state index contributed by atoms with van der Waals surface area (Å²) in [6.45, 7) is 0. The Hall–Kier alpha value is 0.766. The SMILES string of the molecule is C1C2CC3CC1CC(C2)C3.[Mg]. The molecule has 0 nitrogen and oxygen atoms in total. The fourth-order valence-electron chi connectivity index (χ4n) is 3.98. The lowest BCUT2D eigenvalue weighted by molar-refractivity contribution is 0.0198. The molecule has 2 radical (unpaired) electrons. The van der Waals surface area contributed by atoms with E-state index in [1.54, 1.807) is 38.5 Å². The van der Waals surface area contributed by atoms with Crippen molar-refractivity contribution in [2.24, 2.45) is 23.7 Å². The predicted octanol–water partition coefficient (Wildman–Crippen LogP) is 2.45. The lowest BCUT2D eigenvalue weighted by atomic mass is 9.56. The van der Waals surface area contributed by atoms with Crippen molar-refractivity contribution in [1.82, 2.24) is 0 Å². The lowest BCUT2D eigenvalue weighted by Gasteiger charge is -2.49. The standard InChI is InChI=1S/C10H16.Mg/c1-7-2-9-4-8(1)5-10(3-7)6-9;/h7-10H,1-6H2;. The Kier molecular flexibility index (Phi) is 2.22. The van der Waals surface area contributed by atoms with Crippen molar-refractivity contribution in [2.45, 2.75) is 38.5 Å². The monoisotopic (exact) mass is 160 g/mol. The van der Waals surface area contributed by atoms with Gasteiger partial charge in [0, 0.05) is 23.1 Å². The molecule has 4 fully saturated rings. The molecule has 4 rings (SSSR count). The van der Waals surface area contributed by atoms with Crippen LogP contribution in [0.15, 0.2) is 0 Å². The van der Waals surface area contributed by atoms with Crippen molar-refractivity contribution >= 4 is 23.1 Å². The van der Waals surface area contributed by atoms with Gasteiger partial charge in [0.25, 0.3) is 0 Å². The molecule has 0 aromatic rings. The van der Waals surface area contributed by atoms with Crippen LogP contribution in [0.1, 0.15) is 38.5 Å². The molecule has 0 atom stereocenters. The average molecular weight is 161 g/mol. The number of hydrogen-bond acceptors (Lipinski definition) is 0. The second kappa shape index (κ2) is 2.92. The highest BCUT2D eigenvalue weighted by Gasteiger charge is 2.41. The van der Waals surface area contributed by atoms with Crippen LogP contribution in [0, 0.1) is 23.7 Å². The third kappa shape index (κ3) is 1.35. The van der Waals surface area contributed by atoms with Crippen LogP contribution < -0.4 is 0 Å². The molecule has 0 aromatic heterocycles. The molecule has 1 heteroatoms. The van der Waals surface area contributed by atoms with Gasteiger partial charge in [-0.3, -0.25) is 0 Å². The molecule has 0 N–H and O–H groups in total. The van der Waals surface area contributed by atoms with E-state index in [1.807, 2.05) is 0 Å². The van der Waals surface area contributed by atoms with Crippen molar-refractivity contribution in [3.63, 3.8) is 0 Å². The van der Waals surface area contributed by atoms with Gasteiger partial charge in [0.1, 0.15) is 0 Å². The van der Waals surface area contributed by atoms with E-state index in [-0.39, 0.29) is 23.1 Å². The first-order valence-corrected chi connectivity index (χ1v) is 4.90. The maximum Gasteiger partial charge on any atom is 0 e. The van der Waals surface area contributed by atoms with Crippen LogP contribution >= 0.6 is 0 Å². The van der Waals surface area contributed by atoms with Gasteiger partial charge in [0.05, 0.1) is 0 Å². The minimum Gasteiger partial charge on any atom is -0.0475 e. The molecule has 0 aliphatic heterocycles. The number of rotatable bonds is 0. The molecular weight excluding hydrogens is 144 g/mol. The predicted molar refractivity (Wildman–Crippen MR) is 47.4 cm³/mol. The Labute approximate surface area is 85.3 Å². The van der Waals surface area contributed by atoms with Crippen LogP contribution in [-0.4, -0.2) is 23.1 Å². The fourth-order valence-corrected chi connectivity index (χ4v) is 3.98. The summed E-state index contributed by atoms with van der Waals surface area (Å²) in [4.78, 5) is 0. The Balaban J connectivity index is 0.000000480. The van der Waals surface area contributed by atoms with Gasteiger partial charge in [-0.15, -0.1) is 0 Å². The summed E-state index contributed by atoms with van der Waals surface area (Å²) in [7, 11) is 0. The summed E-state index contributed by atoms with van der Waals surface area (Å²) in [5.41, 5.74) is 0. The molecule has 0 amide bonds. The van der Waals surface area contributed by atoms with Gasteiger partial charge >= 0.3 is 0 Å². The summed E-state index contributed by atoms with van der Waals surface area (Å²) >= 11 is 0. The highest BCUT2D eigenvalue weighted by molar-refractivity contribution is 5.75. The quantitative estimate of drug-likeness (QED) is 0.478. The Morgan fingerprint density at radius 3 is 0.818 bits per heavy atom. The molecule has 0 heterocycles. The highest BCUT2D eigenvalue weighted by atomic mass is 24.3. The van der Waals surface area contributed by atoms with Crippen molar-refractivity contribution in [3.05, 3.63) is 0 Å². The van der Waals surface area contributed by atoms with Crippen LogP contribution in [0.5, 0.6) is 0 Å². The molecule has 4 aliphatic rings. The first kappa shape index (κ1) is 8.37. The molecule has 11 heavy (non-hydrogen) atoms. The molecule has 4 bridgehead atoms. The summed E-state index contributed by atoms with van der Waals surface area (Å²) in [5, 5.41) is 0. The smallest absolute Gasteiger partial charge is 0 e. The second-order valence-corrected chi connectivity index (χ2v) is 4.88. The van der Waals surface area contributed by atoms with Crippen LogP contribution in [0.3, 0.4) is 0 Å². The zero-order chi connectivity index (χ0) is 6.55. The van der Waals surface area contributed by atoms with Gasteiger partial charge in [-0.05, 0) is 62.2 Å². The van der Waals surface area contributed by atoms with E-state index in [1.165, 1.54) is 23.7 Å². The largest absolute Gasteiger partial charge is 0.0475 e. The third-order valence-corrected chi connectivity index (χ3v) is 4.00. The van der Waals surface area contributed by atoms with Crippen LogP contribution in [0.25, 0.3) is 0 Å². The molecule has 0 unspecified atom stereocenters. The van der Waals surface area contributed by atoms with Gasteiger partial charge in [0.15, 0.2) is 0 Å². The van der Waals surface area contributed by atoms with Crippen LogP contribution in [0.2, 0.25) is 0 Å². The van der Waals surface area contributed by atoms with Gasteiger partial charge in [0.2, 0.25) is 0 Å². The van der Waals surface area contributed by atoms with Crippen LogP contribution in [-0.2, 0) is 0 Å². The lowest BCUT2D eigenvalue weighted by Crippen LogP contribution is -2.38. The summed E-state index contributed by atoms with van der Waals surface area (Å²) in [6, 6.07) is 0. The zero-order valence-electron chi connectivity index (χ0n) is 7.26. The summed E-state index contributed by atoms with van der Waals surface area (Å²) in [5.74, 6) is 4.71. The van der Waals surface area contributed by atoms with Crippen molar-refractivity contribution in [2.75, 3.05) is 0 Å². The first-order valence-electron chi connectivity index (χ1n) is 4.90. The van der Waals surface area contributed by atoms with E-state index in [2.05, 4.69) is 0 Å². The van der Waals surface area contributed by atoms with Gasteiger partial charge in [-0.25, -0.2) is 0 Å². The van der Waals surface area contributed by atoms with Gasteiger partial charge in [-0.2, -0.15) is 0 Å². The summed E-state index contributed by atoms with van der Waals surface area (Å²) < 4.78 is 0. The normalized spacial score (nSPS) is 52.4. The fraction of sp³-hybridized carbons (Fsp3) is 1.00. The molecule has 0 spiro atoms. The van der Waals surface area contributed by atoms with Gasteiger partial charge in [-0.1, -0.05) is 0 Å². The van der Waals surface area contributed by atoms with E-state index in [0.29, 0.717) is 0 Å². The maximum absolute atomic E-state index is 1.60. The topological polar surface area (TPSA) is 0 Å².